The van der Waals surface area contributed by atoms with Gasteiger partial charge in [0, 0.05) is 5.69 Å². The molecule has 0 spiro atoms. The zero-order valence-corrected chi connectivity index (χ0v) is 13.1. The van der Waals surface area contributed by atoms with Crippen LogP contribution in [-0.2, 0) is 16.6 Å². The van der Waals surface area contributed by atoms with E-state index in [9.17, 15) is 8.42 Å². The van der Waals surface area contributed by atoms with Crippen molar-refractivity contribution in [1.82, 2.24) is 9.78 Å². The minimum Gasteiger partial charge on any atom is -0.394 e. The van der Waals surface area contributed by atoms with E-state index in [1.807, 2.05) is 19.1 Å². The average Bonchev–Trinajstić information content (AvgIpc) is 2.68. The SMILES string of the molecule is Cc1ccc(NS(=O)(=O)c2c(C)nn(CCO)c2C)cc1. The molecule has 0 aliphatic heterocycles. The van der Waals surface area contributed by atoms with Crippen molar-refractivity contribution in [2.24, 2.45) is 0 Å². The molecule has 21 heavy (non-hydrogen) atoms. The number of aliphatic hydroxyl groups is 1. The summed E-state index contributed by atoms with van der Waals surface area (Å²) in [5, 5.41) is 13.1. The summed E-state index contributed by atoms with van der Waals surface area (Å²) in [6, 6.07) is 7.12. The molecule has 2 aromatic rings. The molecular formula is C14H19N3O3S. The maximum atomic E-state index is 12.5. The number of aliphatic hydroxyl groups excluding tert-OH is 1. The lowest BCUT2D eigenvalue weighted by molar-refractivity contribution is 0.267. The number of anilines is 1. The van der Waals surface area contributed by atoms with E-state index >= 15 is 0 Å². The quantitative estimate of drug-likeness (QED) is 0.878. The smallest absolute Gasteiger partial charge is 0.265 e. The topological polar surface area (TPSA) is 84.2 Å². The molecule has 0 aliphatic carbocycles. The van der Waals surface area contributed by atoms with Crippen molar-refractivity contribution < 1.29 is 13.5 Å². The van der Waals surface area contributed by atoms with Gasteiger partial charge in [0.25, 0.3) is 10.0 Å². The molecule has 0 saturated carbocycles. The van der Waals surface area contributed by atoms with Crippen molar-refractivity contribution in [1.29, 1.82) is 0 Å². The van der Waals surface area contributed by atoms with Gasteiger partial charge in [-0.15, -0.1) is 0 Å². The van der Waals surface area contributed by atoms with Gasteiger partial charge in [0.1, 0.15) is 4.90 Å². The molecule has 0 unspecified atom stereocenters. The summed E-state index contributed by atoms with van der Waals surface area (Å²) in [5.74, 6) is 0. The van der Waals surface area contributed by atoms with Crippen molar-refractivity contribution in [3.05, 3.63) is 41.2 Å². The van der Waals surface area contributed by atoms with E-state index in [2.05, 4.69) is 9.82 Å². The fourth-order valence-corrected chi connectivity index (χ4v) is 3.68. The van der Waals surface area contributed by atoms with E-state index in [0.29, 0.717) is 17.1 Å². The Morgan fingerprint density at radius 3 is 2.38 bits per heavy atom. The minimum absolute atomic E-state index is 0.0904. The summed E-state index contributed by atoms with van der Waals surface area (Å²) in [7, 11) is -3.70. The van der Waals surface area contributed by atoms with Crippen LogP contribution in [0.15, 0.2) is 29.2 Å². The summed E-state index contributed by atoms with van der Waals surface area (Å²) >= 11 is 0. The number of aromatic nitrogens is 2. The van der Waals surface area contributed by atoms with Gasteiger partial charge in [-0.25, -0.2) is 8.42 Å². The van der Waals surface area contributed by atoms with Crippen LogP contribution in [0.25, 0.3) is 0 Å². The predicted molar refractivity (Wildman–Crippen MR) is 80.8 cm³/mol. The Bertz CT molecular complexity index is 734. The van der Waals surface area contributed by atoms with Crippen LogP contribution < -0.4 is 4.72 Å². The van der Waals surface area contributed by atoms with Crippen LogP contribution in [-0.4, -0.2) is 29.9 Å². The molecule has 7 heteroatoms. The van der Waals surface area contributed by atoms with Crippen LogP contribution in [0.3, 0.4) is 0 Å². The zero-order chi connectivity index (χ0) is 15.6. The predicted octanol–water partition coefficient (Wildman–Crippen LogP) is 1.60. The number of nitrogens with zero attached hydrogens (tertiary/aromatic N) is 2. The van der Waals surface area contributed by atoms with Crippen LogP contribution in [0.5, 0.6) is 0 Å². The van der Waals surface area contributed by atoms with E-state index < -0.39 is 10.0 Å². The Morgan fingerprint density at radius 2 is 1.81 bits per heavy atom. The zero-order valence-electron chi connectivity index (χ0n) is 12.3. The van der Waals surface area contributed by atoms with Gasteiger partial charge in [-0.2, -0.15) is 5.10 Å². The third kappa shape index (κ3) is 3.25. The van der Waals surface area contributed by atoms with Crippen LogP contribution in [0.4, 0.5) is 5.69 Å². The van der Waals surface area contributed by atoms with Crippen molar-refractivity contribution in [3.8, 4) is 0 Å². The van der Waals surface area contributed by atoms with Gasteiger partial charge in [-0.05, 0) is 32.9 Å². The Kier molecular flexibility index (Phi) is 4.34. The summed E-state index contributed by atoms with van der Waals surface area (Å²) in [6.07, 6.45) is 0. The Balaban J connectivity index is 2.38. The van der Waals surface area contributed by atoms with Gasteiger partial charge in [-0.1, -0.05) is 17.7 Å². The lowest BCUT2D eigenvalue weighted by Crippen LogP contribution is -2.15. The number of hydrogen-bond donors (Lipinski definition) is 2. The monoisotopic (exact) mass is 309 g/mol. The highest BCUT2D eigenvalue weighted by Crippen LogP contribution is 2.22. The molecule has 1 heterocycles. The normalized spacial score (nSPS) is 11.6. The molecule has 0 saturated heterocycles. The van der Waals surface area contributed by atoms with Crippen molar-refractivity contribution >= 4 is 15.7 Å². The number of rotatable bonds is 5. The summed E-state index contributed by atoms with van der Waals surface area (Å²) in [5.41, 5.74) is 2.50. The molecule has 0 atom stereocenters. The van der Waals surface area contributed by atoms with Gasteiger partial charge in [-0.3, -0.25) is 9.40 Å². The third-order valence-electron chi connectivity index (χ3n) is 3.20. The second-order valence-corrected chi connectivity index (χ2v) is 6.54. The maximum absolute atomic E-state index is 12.5. The van der Waals surface area contributed by atoms with Crippen molar-refractivity contribution in [2.75, 3.05) is 11.3 Å². The first-order valence-electron chi connectivity index (χ1n) is 6.59. The molecule has 1 aromatic carbocycles. The Hall–Kier alpha value is -1.86. The first-order chi connectivity index (χ1) is 9.85. The van der Waals surface area contributed by atoms with Crippen molar-refractivity contribution in [2.45, 2.75) is 32.2 Å². The Labute approximate surface area is 124 Å². The second-order valence-electron chi connectivity index (χ2n) is 4.92. The molecule has 2 rings (SSSR count). The van der Waals surface area contributed by atoms with E-state index in [0.717, 1.165) is 5.56 Å². The highest BCUT2D eigenvalue weighted by Gasteiger charge is 2.24. The van der Waals surface area contributed by atoms with Crippen LogP contribution in [0.2, 0.25) is 0 Å². The average molecular weight is 309 g/mol. The van der Waals surface area contributed by atoms with Gasteiger partial charge in [0.2, 0.25) is 0 Å². The number of hydrogen-bond acceptors (Lipinski definition) is 4. The highest BCUT2D eigenvalue weighted by molar-refractivity contribution is 7.92. The first kappa shape index (κ1) is 15.5. The fourth-order valence-electron chi connectivity index (χ4n) is 2.21. The van der Waals surface area contributed by atoms with E-state index in [-0.39, 0.29) is 18.0 Å². The molecule has 0 fully saturated rings. The molecule has 2 N–H and O–H groups in total. The van der Waals surface area contributed by atoms with Crippen LogP contribution in [0, 0.1) is 20.8 Å². The third-order valence-corrected chi connectivity index (χ3v) is 4.83. The molecule has 0 radical (unpaired) electrons. The molecule has 0 bridgehead atoms. The molecule has 6 nitrogen and oxygen atoms in total. The summed E-state index contributed by atoms with van der Waals surface area (Å²) < 4.78 is 29.1. The lowest BCUT2D eigenvalue weighted by atomic mass is 10.2. The summed E-state index contributed by atoms with van der Waals surface area (Å²) in [6.45, 7) is 5.44. The number of sulfonamides is 1. The molecular weight excluding hydrogens is 290 g/mol. The standard InChI is InChI=1S/C14H19N3O3S/c1-10-4-6-13(7-5-10)16-21(19,20)14-11(2)15-17(8-9-18)12(14)3/h4-7,16,18H,8-9H2,1-3H3. The van der Waals surface area contributed by atoms with Gasteiger partial charge >= 0.3 is 0 Å². The van der Waals surface area contributed by atoms with E-state index in [4.69, 9.17) is 5.11 Å². The van der Waals surface area contributed by atoms with E-state index in [1.54, 1.807) is 26.0 Å². The van der Waals surface area contributed by atoms with Gasteiger partial charge in [0.05, 0.1) is 24.5 Å². The number of aryl methyl sites for hydroxylation is 2. The summed E-state index contributed by atoms with van der Waals surface area (Å²) in [4.78, 5) is 0.163. The van der Waals surface area contributed by atoms with Crippen LogP contribution in [0.1, 0.15) is 17.0 Å². The first-order valence-corrected chi connectivity index (χ1v) is 8.08. The van der Waals surface area contributed by atoms with Crippen molar-refractivity contribution in [3.63, 3.8) is 0 Å². The fraction of sp³-hybridized carbons (Fsp3) is 0.357. The molecule has 114 valence electrons. The largest absolute Gasteiger partial charge is 0.394 e. The second kappa shape index (κ2) is 5.87. The molecule has 1 aromatic heterocycles. The van der Waals surface area contributed by atoms with Gasteiger partial charge < -0.3 is 5.11 Å². The number of benzene rings is 1. The lowest BCUT2D eigenvalue weighted by Gasteiger charge is -2.09. The Morgan fingerprint density at radius 1 is 1.19 bits per heavy atom. The van der Waals surface area contributed by atoms with E-state index in [1.165, 1.54) is 4.68 Å². The molecule has 0 amide bonds. The highest BCUT2D eigenvalue weighted by atomic mass is 32.2. The van der Waals surface area contributed by atoms with Gasteiger partial charge in [0.15, 0.2) is 0 Å². The minimum atomic E-state index is -3.70. The maximum Gasteiger partial charge on any atom is 0.265 e. The van der Waals surface area contributed by atoms with Crippen LogP contribution >= 0.6 is 0 Å². The molecule has 0 aliphatic rings. The number of nitrogens with one attached hydrogen (secondary N) is 1.